The van der Waals surface area contributed by atoms with Crippen LogP contribution in [0.3, 0.4) is 0 Å². The Hall–Kier alpha value is -3.88. The molecule has 1 aliphatic rings. The van der Waals surface area contributed by atoms with Gasteiger partial charge in [0.2, 0.25) is 0 Å². The Labute approximate surface area is 187 Å². The smallest absolute Gasteiger partial charge is 0.368 e. The second kappa shape index (κ2) is 8.23. The van der Waals surface area contributed by atoms with Crippen molar-refractivity contribution in [3.8, 4) is 11.3 Å². The monoisotopic (exact) mass is 451 g/mol. The van der Waals surface area contributed by atoms with E-state index in [0.717, 1.165) is 11.8 Å². The van der Waals surface area contributed by atoms with Gasteiger partial charge in [0.25, 0.3) is 5.91 Å². The number of amides is 1. The second-order valence-electron chi connectivity index (χ2n) is 7.80. The standard InChI is InChI=1S/C24H20F3N5O/c25-24(26,27)21-15-20(17-7-3-1-4-8-17)29-22-19(16-28-32(21)22)23(33)31-13-11-30(12-14-31)18-9-5-2-6-10-18/h1-10,15-16H,11-14H2. The molecule has 0 atom stereocenters. The van der Waals surface area contributed by atoms with Gasteiger partial charge in [-0.1, -0.05) is 48.5 Å². The predicted molar refractivity (Wildman–Crippen MR) is 118 cm³/mol. The summed E-state index contributed by atoms with van der Waals surface area (Å²) in [5.41, 5.74) is 0.731. The molecular formula is C24H20F3N5O. The molecule has 1 aliphatic heterocycles. The fourth-order valence-electron chi connectivity index (χ4n) is 4.05. The molecule has 0 spiro atoms. The van der Waals surface area contributed by atoms with Crippen molar-refractivity contribution in [1.29, 1.82) is 0 Å². The fraction of sp³-hybridized carbons (Fsp3) is 0.208. The third kappa shape index (κ3) is 4.02. The first kappa shape index (κ1) is 21.0. The van der Waals surface area contributed by atoms with E-state index in [1.54, 1.807) is 35.2 Å². The minimum atomic E-state index is -4.65. The van der Waals surface area contributed by atoms with Gasteiger partial charge in [-0.3, -0.25) is 4.79 Å². The van der Waals surface area contributed by atoms with Crippen molar-refractivity contribution >= 4 is 17.2 Å². The van der Waals surface area contributed by atoms with Crippen LogP contribution in [0.15, 0.2) is 72.9 Å². The molecule has 5 rings (SSSR count). The number of nitrogens with zero attached hydrogens (tertiary/aromatic N) is 5. The highest BCUT2D eigenvalue weighted by molar-refractivity contribution is 6.00. The van der Waals surface area contributed by atoms with Crippen molar-refractivity contribution in [3.05, 3.63) is 84.2 Å². The van der Waals surface area contributed by atoms with Crippen LogP contribution in [0.1, 0.15) is 16.1 Å². The Kier molecular flexibility index (Phi) is 5.24. The van der Waals surface area contributed by atoms with Crippen molar-refractivity contribution < 1.29 is 18.0 Å². The van der Waals surface area contributed by atoms with E-state index in [1.807, 2.05) is 30.3 Å². The van der Waals surface area contributed by atoms with Crippen LogP contribution in [-0.4, -0.2) is 51.6 Å². The van der Waals surface area contributed by atoms with E-state index in [-0.39, 0.29) is 22.8 Å². The van der Waals surface area contributed by atoms with Crippen molar-refractivity contribution in [2.24, 2.45) is 0 Å². The summed E-state index contributed by atoms with van der Waals surface area (Å²) in [5, 5.41) is 3.87. The number of carbonyl (C=O) groups excluding carboxylic acids is 1. The van der Waals surface area contributed by atoms with Crippen molar-refractivity contribution in [2.45, 2.75) is 6.18 Å². The maximum atomic E-state index is 13.8. The average Bonchev–Trinajstić information content (AvgIpc) is 3.27. The number of piperazine rings is 1. The zero-order valence-electron chi connectivity index (χ0n) is 17.5. The van der Waals surface area contributed by atoms with Gasteiger partial charge in [0.15, 0.2) is 11.3 Å². The Morgan fingerprint density at radius 3 is 2.15 bits per heavy atom. The molecule has 1 amide bonds. The molecule has 4 aromatic rings. The lowest BCUT2D eigenvalue weighted by Crippen LogP contribution is -2.48. The minimum absolute atomic E-state index is 0.0615. The summed E-state index contributed by atoms with van der Waals surface area (Å²) >= 11 is 0. The van der Waals surface area contributed by atoms with E-state index in [2.05, 4.69) is 15.0 Å². The first-order valence-electron chi connectivity index (χ1n) is 10.5. The van der Waals surface area contributed by atoms with Crippen molar-refractivity contribution in [1.82, 2.24) is 19.5 Å². The van der Waals surface area contributed by atoms with Gasteiger partial charge in [0.1, 0.15) is 5.56 Å². The molecule has 1 fully saturated rings. The van der Waals surface area contributed by atoms with Gasteiger partial charge < -0.3 is 9.80 Å². The molecule has 0 saturated carbocycles. The largest absolute Gasteiger partial charge is 0.433 e. The lowest BCUT2D eigenvalue weighted by Gasteiger charge is -2.36. The van der Waals surface area contributed by atoms with Crippen LogP contribution in [0.2, 0.25) is 0 Å². The molecule has 0 bridgehead atoms. The van der Waals surface area contributed by atoms with Gasteiger partial charge in [0.05, 0.1) is 11.9 Å². The number of carbonyl (C=O) groups is 1. The molecule has 0 radical (unpaired) electrons. The molecule has 33 heavy (non-hydrogen) atoms. The molecule has 3 heterocycles. The van der Waals surface area contributed by atoms with Crippen LogP contribution >= 0.6 is 0 Å². The SMILES string of the molecule is O=C(c1cnn2c(C(F)(F)F)cc(-c3ccccc3)nc12)N1CCN(c2ccccc2)CC1. The molecular weight excluding hydrogens is 431 g/mol. The maximum absolute atomic E-state index is 13.8. The minimum Gasteiger partial charge on any atom is -0.368 e. The van der Waals surface area contributed by atoms with E-state index in [1.165, 1.54) is 6.20 Å². The number of para-hydroxylation sites is 1. The number of hydrogen-bond donors (Lipinski definition) is 0. The summed E-state index contributed by atoms with van der Waals surface area (Å²) < 4.78 is 42.1. The predicted octanol–water partition coefficient (Wildman–Crippen LogP) is 4.38. The van der Waals surface area contributed by atoms with Crippen LogP contribution in [0.5, 0.6) is 0 Å². The van der Waals surface area contributed by atoms with Gasteiger partial charge in [0, 0.05) is 37.4 Å². The lowest BCUT2D eigenvalue weighted by atomic mass is 10.1. The van der Waals surface area contributed by atoms with Gasteiger partial charge in [-0.15, -0.1) is 0 Å². The molecule has 2 aromatic heterocycles. The first-order valence-corrected chi connectivity index (χ1v) is 10.5. The van der Waals surface area contributed by atoms with Crippen molar-refractivity contribution in [2.75, 3.05) is 31.1 Å². The van der Waals surface area contributed by atoms with E-state index in [0.29, 0.717) is 36.3 Å². The summed E-state index contributed by atoms with van der Waals surface area (Å²) in [6, 6.07) is 19.4. The Balaban J connectivity index is 1.48. The van der Waals surface area contributed by atoms with Gasteiger partial charge >= 0.3 is 6.18 Å². The third-order valence-corrected chi connectivity index (χ3v) is 5.75. The van der Waals surface area contributed by atoms with Crippen LogP contribution < -0.4 is 4.90 Å². The normalized spacial score (nSPS) is 14.6. The molecule has 0 aliphatic carbocycles. The zero-order valence-corrected chi connectivity index (χ0v) is 17.5. The molecule has 0 unspecified atom stereocenters. The fourth-order valence-corrected chi connectivity index (χ4v) is 4.05. The molecule has 9 heteroatoms. The quantitative estimate of drug-likeness (QED) is 0.464. The second-order valence-corrected chi connectivity index (χ2v) is 7.80. The third-order valence-electron chi connectivity index (χ3n) is 5.75. The zero-order chi connectivity index (χ0) is 23.0. The van der Waals surface area contributed by atoms with E-state index in [4.69, 9.17) is 0 Å². The number of benzene rings is 2. The molecule has 2 aromatic carbocycles. The summed E-state index contributed by atoms with van der Waals surface area (Å²) in [6.07, 6.45) is -3.48. The number of aromatic nitrogens is 3. The van der Waals surface area contributed by atoms with Crippen LogP contribution in [0, 0.1) is 0 Å². The summed E-state index contributed by atoms with van der Waals surface area (Å²) in [5.74, 6) is -0.372. The molecule has 168 valence electrons. The number of anilines is 1. The topological polar surface area (TPSA) is 53.7 Å². The van der Waals surface area contributed by atoms with Gasteiger partial charge in [-0.25, -0.2) is 9.50 Å². The van der Waals surface area contributed by atoms with Crippen LogP contribution in [0.25, 0.3) is 16.9 Å². The Morgan fingerprint density at radius 2 is 1.52 bits per heavy atom. The summed E-state index contributed by atoms with van der Waals surface area (Å²) in [6.45, 7) is 2.17. The highest BCUT2D eigenvalue weighted by Crippen LogP contribution is 2.33. The first-order chi connectivity index (χ1) is 15.9. The Bertz CT molecular complexity index is 1280. The number of alkyl halides is 3. The number of halogens is 3. The number of fused-ring (bicyclic) bond motifs is 1. The maximum Gasteiger partial charge on any atom is 0.433 e. The molecule has 6 nitrogen and oxygen atoms in total. The van der Waals surface area contributed by atoms with Crippen LogP contribution in [0.4, 0.5) is 18.9 Å². The van der Waals surface area contributed by atoms with E-state index >= 15 is 0 Å². The van der Waals surface area contributed by atoms with E-state index < -0.39 is 11.9 Å². The number of rotatable bonds is 3. The Morgan fingerprint density at radius 1 is 0.879 bits per heavy atom. The lowest BCUT2D eigenvalue weighted by molar-refractivity contribution is -0.142. The average molecular weight is 451 g/mol. The molecule has 0 N–H and O–H groups in total. The summed E-state index contributed by atoms with van der Waals surface area (Å²) in [4.78, 5) is 21.5. The molecule has 1 saturated heterocycles. The van der Waals surface area contributed by atoms with Gasteiger partial charge in [-0.2, -0.15) is 18.3 Å². The highest BCUT2D eigenvalue weighted by Gasteiger charge is 2.36. The van der Waals surface area contributed by atoms with E-state index in [9.17, 15) is 18.0 Å². The van der Waals surface area contributed by atoms with Gasteiger partial charge in [-0.05, 0) is 18.2 Å². The summed E-state index contributed by atoms with van der Waals surface area (Å²) in [7, 11) is 0. The number of hydrogen-bond acceptors (Lipinski definition) is 4. The van der Waals surface area contributed by atoms with Crippen molar-refractivity contribution in [3.63, 3.8) is 0 Å². The highest BCUT2D eigenvalue weighted by atomic mass is 19.4. The van der Waals surface area contributed by atoms with Crippen LogP contribution in [-0.2, 0) is 6.18 Å².